The van der Waals surface area contributed by atoms with Gasteiger partial charge in [-0.15, -0.1) is 0 Å². The normalized spacial score (nSPS) is 19.1. The second kappa shape index (κ2) is 6.79. The Morgan fingerprint density at radius 2 is 2.15 bits per heavy atom. The third-order valence-corrected chi connectivity index (χ3v) is 3.78. The summed E-state index contributed by atoms with van der Waals surface area (Å²) in [6, 6.07) is 3.89. The Morgan fingerprint density at radius 1 is 1.35 bits per heavy atom. The summed E-state index contributed by atoms with van der Waals surface area (Å²) in [5.41, 5.74) is 0.0864. The maximum atomic E-state index is 13.6. The van der Waals surface area contributed by atoms with Gasteiger partial charge in [-0.2, -0.15) is 0 Å². The number of hydrogen-bond acceptors (Lipinski definition) is 2. The van der Waals surface area contributed by atoms with Gasteiger partial charge < -0.3 is 10.0 Å². The van der Waals surface area contributed by atoms with Crippen LogP contribution in [-0.2, 0) is 11.2 Å². The molecule has 0 aliphatic carbocycles. The topological polar surface area (TPSA) is 40.5 Å². The zero-order chi connectivity index (χ0) is 14.5. The summed E-state index contributed by atoms with van der Waals surface area (Å²) < 4.78 is 26.7. The van der Waals surface area contributed by atoms with E-state index < -0.39 is 11.6 Å². The molecule has 2 rings (SSSR count). The highest BCUT2D eigenvalue weighted by Gasteiger charge is 2.26. The quantitative estimate of drug-likeness (QED) is 0.921. The zero-order valence-corrected chi connectivity index (χ0v) is 11.3. The Balaban J connectivity index is 2.08. The van der Waals surface area contributed by atoms with E-state index in [-0.39, 0.29) is 30.5 Å². The van der Waals surface area contributed by atoms with E-state index in [0.717, 1.165) is 25.3 Å². The number of nitrogens with zero attached hydrogens (tertiary/aromatic N) is 1. The first-order valence-corrected chi connectivity index (χ1v) is 6.96. The second-order valence-electron chi connectivity index (χ2n) is 5.14. The lowest BCUT2D eigenvalue weighted by molar-refractivity contribution is -0.134. The van der Waals surface area contributed by atoms with Crippen LogP contribution in [0.1, 0.15) is 31.2 Å². The van der Waals surface area contributed by atoms with Gasteiger partial charge in [0, 0.05) is 24.8 Å². The number of aliphatic hydroxyl groups is 1. The summed E-state index contributed by atoms with van der Waals surface area (Å²) in [7, 11) is 0. The van der Waals surface area contributed by atoms with E-state index in [4.69, 9.17) is 5.11 Å². The molecule has 20 heavy (non-hydrogen) atoms. The minimum Gasteiger partial charge on any atom is -0.396 e. The Kier molecular flexibility index (Phi) is 5.06. The molecule has 1 fully saturated rings. The van der Waals surface area contributed by atoms with Gasteiger partial charge in [-0.1, -0.05) is 12.1 Å². The van der Waals surface area contributed by atoms with Crippen molar-refractivity contribution >= 4 is 5.91 Å². The molecule has 1 aliphatic rings. The average molecular weight is 283 g/mol. The van der Waals surface area contributed by atoms with E-state index >= 15 is 0 Å². The fourth-order valence-electron chi connectivity index (χ4n) is 2.73. The fraction of sp³-hybridized carbons (Fsp3) is 0.533. The molecule has 0 spiro atoms. The van der Waals surface area contributed by atoms with Gasteiger partial charge in [0.1, 0.15) is 0 Å². The van der Waals surface area contributed by atoms with Gasteiger partial charge in [-0.25, -0.2) is 8.78 Å². The molecule has 1 aliphatic heterocycles. The Labute approximate surface area is 117 Å². The van der Waals surface area contributed by atoms with Crippen LogP contribution < -0.4 is 0 Å². The van der Waals surface area contributed by atoms with Crippen molar-refractivity contribution in [2.45, 2.75) is 38.1 Å². The summed E-state index contributed by atoms with van der Waals surface area (Å²) in [4.78, 5) is 14.0. The average Bonchev–Trinajstić information content (AvgIpc) is 2.45. The number of halogens is 2. The van der Waals surface area contributed by atoms with Gasteiger partial charge in [0.25, 0.3) is 0 Å². The molecule has 0 saturated carbocycles. The summed E-state index contributed by atoms with van der Waals surface area (Å²) in [5.74, 6) is -2.08. The molecule has 1 aromatic rings. The predicted molar refractivity (Wildman–Crippen MR) is 71.1 cm³/mol. The third kappa shape index (κ3) is 3.33. The van der Waals surface area contributed by atoms with Crippen molar-refractivity contribution in [2.75, 3.05) is 13.2 Å². The van der Waals surface area contributed by atoms with E-state index in [2.05, 4.69) is 0 Å². The molecule has 1 atom stereocenters. The minimum atomic E-state index is -0.948. The van der Waals surface area contributed by atoms with Crippen LogP contribution in [0.4, 0.5) is 8.78 Å². The van der Waals surface area contributed by atoms with Gasteiger partial charge in [-0.05, 0) is 31.7 Å². The van der Waals surface area contributed by atoms with Crippen LogP contribution in [0.5, 0.6) is 0 Å². The minimum absolute atomic E-state index is 0.0119. The van der Waals surface area contributed by atoms with Crippen LogP contribution in [0, 0.1) is 11.6 Å². The van der Waals surface area contributed by atoms with Crippen molar-refractivity contribution in [1.82, 2.24) is 4.90 Å². The van der Waals surface area contributed by atoms with Crippen LogP contribution in [0.15, 0.2) is 18.2 Å². The summed E-state index contributed by atoms with van der Waals surface area (Å²) in [6.07, 6.45) is 3.21. The largest absolute Gasteiger partial charge is 0.396 e. The molecular weight excluding hydrogens is 264 g/mol. The number of amides is 1. The molecule has 0 bridgehead atoms. The van der Waals surface area contributed by atoms with Crippen molar-refractivity contribution in [3.05, 3.63) is 35.4 Å². The monoisotopic (exact) mass is 283 g/mol. The highest BCUT2D eigenvalue weighted by atomic mass is 19.2. The lowest BCUT2D eigenvalue weighted by Gasteiger charge is -2.35. The Bertz CT molecular complexity index is 477. The first kappa shape index (κ1) is 14.9. The lowest BCUT2D eigenvalue weighted by Crippen LogP contribution is -2.45. The maximum Gasteiger partial charge on any atom is 0.227 e. The van der Waals surface area contributed by atoms with Crippen molar-refractivity contribution in [1.29, 1.82) is 0 Å². The van der Waals surface area contributed by atoms with Crippen LogP contribution >= 0.6 is 0 Å². The number of carbonyl (C=O) groups is 1. The van der Waals surface area contributed by atoms with Crippen LogP contribution in [0.2, 0.25) is 0 Å². The molecule has 110 valence electrons. The zero-order valence-electron chi connectivity index (χ0n) is 11.3. The second-order valence-corrected chi connectivity index (χ2v) is 5.14. The van der Waals surface area contributed by atoms with Crippen LogP contribution in [0.25, 0.3) is 0 Å². The maximum absolute atomic E-state index is 13.6. The number of aliphatic hydroxyl groups excluding tert-OH is 1. The van der Waals surface area contributed by atoms with E-state index in [9.17, 15) is 13.6 Å². The number of rotatable bonds is 4. The van der Waals surface area contributed by atoms with Crippen molar-refractivity contribution in [2.24, 2.45) is 0 Å². The molecule has 5 heteroatoms. The highest BCUT2D eigenvalue weighted by Crippen LogP contribution is 2.21. The molecule has 1 heterocycles. The molecule has 1 aromatic carbocycles. The van der Waals surface area contributed by atoms with Gasteiger partial charge in [-0.3, -0.25) is 4.79 Å². The third-order valence-electron chi connectivity index (χ3n) is 3.78. The summed E-state index contributed by atoms with van der Waals surface area (Å²) in [6.45, 7) is 0.656. The SMILES string of the molecule is O=C(Cc1cccc(F)c1F)N1CCCCC1CCO. The summed E-state index contributed by atoms with van der Waals surface area (Å²) >= 11 is 0. The van der Waals surface area contributed by atoms with E-state index in [1.54, 1.807) is 4.90 Å². The first-order valence-electron chi connectivity index (χ1n) is 6.96. The van der Waals surface area contributed by atoms with Crippen molar-refractivity contribution in [3.63, 3.8) is 0 Å². The van der Waals surface area contributed by atoms with Gasteiger partial charge in [0.05, 0.1) is 6.42 Å². The number of hydrogen-bond donors (Lipinski definition) is 1. The van der Waals surface area contributed by atoms with E-state index in [0.29, 0.717) is 13.0 Å². The number of carbonyl (C=O) groups excluding carboxylic acids is 1. The molecule has 1 amide bonds. The number of piperidine rings is 1. The molecule has 3 nitrogen and oxygen atoms in total. The van der Waals surface area contributed by atoms with E-state index in [1.807, 2.05) is 0 Å². The first-order chi connectivity index (χ1) is 9.63. The fourth-order valence-corrected chi connectivity index (χ4v) is 2.73. The van der Waals surface area contributed by atoms with E-state index in [1.165, 1.54) is 12.1 Å². The van der Waals surface area contributed by atoms with Crippen LogP contribution in [0.3, 0.4) is 0 Å². The number of likely N-dealkylation sites (tertiary alicyclic amines) is 1. The Morgan fingerprint density at radius 3 is 2.90 bits per heavy atom. The molecule has 1 saturated heterocycles. The molecule has 0 aromatic heterocycles. The van der Waals surface area contributed by atoms with Crippen molar-refractivity contribution < 1.29 is 18.7 Å². The highest BCUT2D eigenvalue weighted by molar-refractivity contribution is 5.79. The van der Waals surface area contributed by atoms with Gasteiger partial charge in [0.2, 0.25) is 5.91 Å². The van der Waals surface area contributed by atoms with Gasteiger partial charge >= 0.3 is 0 Å². The Hall–Kier alpha value is -1.49. The standard InChI is InChI=1S/C15H19F2NO2/c16-13-6-3-4-11(15(13)17)10-14(20)18-8-2-1-5-12(18)7-9-19/h3-4,6,12,19H,1-2,5,7-10H2. The lowest BCUT2D eigenvalue weighted by atomic mass is 9.98. The molecule has 0 radical (unpaired) electrons. The smallest absolute Gasteiger partial charge is 0.227 e. The van der Waals surface area contributed by atoms with Gasteiger partial charge in [0.15, 0.2) is 11.6 Å². The van der Waals surface area contributed by atoms with Crippen LogP contribution in [-0.4, -0.2) is 35.1 Å². The molecule has 1 N–H and O–H groups in total. The summed E-state index contributed by atoms with van der Waals surface area (Å²) in [5, 5.41) is 9.04. The molecule has 1 unspecified atom stereocenters. The number of benzene rings is 1. The van der Waals surface area contributed by atoms with Crippen molar-refractivity contribution in [3.8, 4) is 0 Å². The predicted octanol–water partition coefficient (Wildman–Crippen LogP) is 2.27. The molecular formula is C15H19F2NO2.